The Hall–Kier alpha value is -0.0800. The van der Waals surface area contributed by atoms with E-state index in [1.807, 2.05) is 0 Å². The SMILES string of the molecule is CCCCC(CC)CN(C)CC1CC(N)C1. The summed E-state index contributed by atoms with van der Waals surface area (Å²) in [5, 5.41) is 0. The molecule has 0 aliphatic heterocycles. The second kappa shape index (κ2) is 7.29. The Morgan fingerprint density at radius 3 is 2.50 bits per heavy atom. The van der Waals surface area contributed by atoms with Crippen LogP contribution < -0.4 is 5.73 Å². The molecule has 1 fully saturated rings. The Morgan fingerprint density at radius 1 is 1.31 bits per heavy atom. The molecule has 16 heavy (non-hydrogen) atoms. The molecule has 0 radical (unpaired) electrons. The molecule has 1 aliphatic carbocycles. The number of unbranched alkanes of at least 4 members (excludes halogenated alkanes) is 1. The smallest absolute Gasteiger partial charge is 0.00450 e. The topological polar surface area (TPSA) is 29.3 Å². The highest BCUT2D eigenvalue weighted by molar-refractivity contribution is 4.83. The summed E-state index contributed by atoms with van der Waals surface area (Å²) in [6, 6.07) is 0.500. The molecule has 1 rings (SSSR count). The first-order valence-electron chi connectivity index (χ1n) is 7.09. The van der Waals surface area contributed by atoms with Crippen molar-refractivity contribution in [2.75, 3.05) is 20.1 Å². The minimum Gasteiger partial charge on any atom is -0.328 e. The molecule has 1 atom stereocenters. The van der Waals surface area contributed by atoms with Crippen LogP contribution in [0.25, 0.3) is 0 Å². The molecule has 0 spiro atoms. The van der Waals surface area contributed by atoms with Gasteiger partial charge < -0.3 is 10.6 Å². The first kappa shape index (κ1) is 14.0. The van der Waals surface area contributed by atoms with Crippen LogP contribution in [0.3, 0.4) is 0 Å². The van der Waals surface area contributed by atoms with Crippen molar-refractivity contribution in [1.29, 1.82) is 0 Å². The number of nitrogens with zero attached hydrogens (tertiary/aromatic N) is 1. The first-order chi connectivity index (χ1) is 7.65. The molecule has 0 amide bonds. The monoisotopic (exact) mass is 226 g/mol. The van der Waals surface area contributed by atoms with Gasteiger partial charge in [-0.1, -0.05) is 33.1 Å². The summed E-state index contributed by atoms with van der Waals surface area (Å²) in [7, 11) is 2.28. The molecular weight excluding hydrogens is 196 g/mol. The van der Waals surface area contributed by atoms with Crippen LogP contribution in [0.15, 0.2) is 0 Å². The predicted octanol–water partition coefficient (Wildman–Crippen LogP) is 2.87. The molecule has 2 N–H and O–H groups in total. The molecule has 1 unspecified atom stereocenters. The number of hydrogen-bond donors (Lipinski definition) is 1. The molecule has 0 aromatic rings. The summed E-state index contributed by atoms with van der Waals surface area (Å²) in [6.45, 7) is 7.15. The second-order valence-corrected chi connectivity index (χ2v) is 5.74. The fourth-order valence-corrected chi connectivity index (χ4v) is 2.81. The molecule has 1 saturated carbocycles. The predicted molar refractivity (Wildman–Crippen MR) is 71.5 cm³/mol. The minimum atomic E-state index is 0.500. The van der Waals surface area contributed by atoms with E-state index in [1.54, 1.807) is 0 Å². The molecule has 1 aliphatic rings. The molecule has 2 heteroatoms. The first-order valence-corrected chi connectivity index (χ1v) is 7.09. The number of hydrogen-bond acceptors (Lipinski definition) is 2. The van der Waals surface area contributed by atoms with Crippen molar-refractivity contribution in [1.82, 2.24) is 4.90 Å². The largest absolute Gasteiger partial charge is 0.328 e. The molecule has 0 heterocycles. The van der Waals surface area contributed by atoms with Crippen molar-refractivity contribution >= 4 is 0 Å². The number of rotatable bonds is 8. The van der Waals surface area contributed by atoms with E-state index in [-0.39, 0.29) is 0 Å². The molecular formula is C14H30N2. The Balaban J connectivity index is 2.12. The highest BCUT2D eigenvalue weighted by atomic mass is 15.1. The lowest BCUT2D eigenvalue weighted by Crippen LogP contribution is -2.42. The van der Waals surface area contributed by atoms with E-state index in [0.29, 0.717) is 6.04 Å². The lowest BCUT2D eigenvalue weighted by atomic mass is 9.80. The van der Waals surface area contributed by atoms with Crippen LogP contribution in [0.2, 0.25) is 0 Å². The van der Waals surface area contributed by atoms with Gasteiger partial charge in [-0.15, -0.1) is 0 Å². The summed E-state index contributed by atoms with van der Waals surface area (Å²) in [5.41, 5.74) is 5.82. The van der Waals surface area contributed by atoms with Crippen LogP contribution in [0.1, 0.15) is 52.4 Å². The van der Waals surface area contributed by atoms with Gasteiger partial charge in [0.15, 0.2) is 0 Å². The lowest BCUT2D eigenvalue weighted by molar-refractivity contribution is 0.163. The average molecular weight is 226 g/mol. The van der Waals surface area contributed by atoms with E-state index in [0.717, 1.165) is 11.8 Å². The molecule has 2 nitrogen and oxygen atoms in total. The number of nitrogens with two attached hydrogens (primary N) is 1. The van der Waals surface area contributed by atoms with Crippen LogP contribution in [0.4, 0.5) is 0 Å². The molecule has 0 bridgehead atoms. The lowest BCUT2D eigenvalue weighted by Gasteiger charge is -2.36. The van der Waals surface area contributed by atoms with E-state index in [4.69, 9.17) is 5.73 Å². The van der Waals surface area contributed by atoms with E-state index in [2.05, 4.69) is 25.8 Å². The third kappa shape index (κ3) is 4.84. The van der Waals surface area contributed by atoms with Crippen molar-refractivity contribution in [2.24, 2.45) is 17.6 Å². The summed E-state index contributed by atoms with van der Waals surface area (Å²) in [4.78, 5) is 2.53. The maximum atomic E-state index is 5.82. The van der Waals surface area contributed by atoms with Crippen molar-refractivity contribution in [2.45, 2.75) is 58.4 Å². The Kier molecular flexibility index (Phi) is 6.37. The fourth-order valence-electron chi connectivity index (χ4n) is 2.81. The van der Waals surface area contributed by atoms with Gasteiger partial charge in [0, 0.05) is 19.1 Å². The molecule has 96 valence electrons. The van der Waals surface area contributed by atoms with Crippen molar-refractivity contribution in [3.63, 3.8) is 0 Å². The van der Waals surface area contributed by atoms with Crippen LogP contribution >= 0.6 is 0 Å². The quantitative estimate of drug-likeness (QED) is 0.689. The van der Waals surface area contributed by atoms with Crippen LogP contribution in [0, 0.1) is 11.8 Å². The molecule has 0 aromatic carbocycles. The van der Waals surface area contributed by atoms with Gasteiger partial charge in [-0.05, 0) is 38.1 Å². The third-order valence-corrected chi connectivity index (χ3v) is 3.96. The van der Waals surface area contributed by atoms with Crippen molar-refractivity contribution in [3.8, 4) is 0 Å². The van der Waals surface area contributed by atoms with Crippen molar-refractivity contribution in [3.05, 3.63) is 0 Å². The highest BCUT2D eigenvalue weighted by Crippen LogP contribution is 2.26. The van der Waals surface area contributed by atoms with Crippen LogP contribution in [0.5, 0.6) is 0 Å². The van der Waals surface area contributed by atoms with E-state index >= 15 is 0 Å². The van der Waals surface area contributed by atoms with Gasteiger partial charge in [-0.25, -0.2) is 0 Å². The van der Waals surface area contributed by atoms with Gasteiger partial charge in [-0.3, -0.25) is 0 Å². The van der Waals surface area contributed by atoms with Gasteiger partial charge >= 0.3 is 0 Å². The zero-order chi connectivity index (χ0) is 12.0. The summed E-state index contributed by atoms with van der Waals surface area (Å²) >= 11 is 0. The normalized spacial score (nSPS) is 26.8. The molecule has 0 saturated heterocycles. The fraction of sp³-hybridized carbons (Fsp3) is 1.00. The Labute approximate surface area is 102 Å². The maximum absolute atomic E-state index is 5.82. The van der Waals surface area contributed by atoms with Crippen LogP contribution in [-0.2, 0) is 0 Å². The van der Waals surface area contributed by atoms with E-state index < -0.39 is 0 Å². The zero-order valence-electron chi connectivity index (χ0n) is 11.4. The Bertz CT molecular complexity index is 176. The third-order valence-electron chi connectivity index (χ3n) is 3.96. The van der Waals surface area contributed by atoms with E-state index in [1.165, 1.54) is 51.6 Å². The second-order valence-electron chi connectivity index (χ2n) is 5.74. The zero-order valence-corrected chi connectivity index (χ0v) is 11.4. The molecule has 0 aromatic heterocycles. The standard InChI is InChI=1S/C14H30N2/c1-4-6-7-12(5-2)10-16(3)11-13-8-14(15)9-13/h12-14H,4-11,15H2,1-3H3. The van der Waals surface area contributed by atoms with Gasteiger partial charge in [0.2, 0.25) is 0 Å². The summed E-state index contributed by atoms with van der Waals surface area (Å²) in [5.74, 6) is 1.78. The van der Waals surface area contributed by atoms with Crippen LogP contribution in [-0.4, -0.2) is 31.1 Å². The Morgan fingerprint density at radius 2 is 2.00 bits per heavy atom. The van der Waals surface area contributed by atoms with E-state index in [9.17, 15) is 0 Å². The summed E-state index contributed by atoms with van der Waals surface area (Å²) < 4.78 is 0. The maximum Gasteiger partial charge on any atom is 0.00450 e. The van der Waals surface area contributed by atoms with Gasteiger partial charge in [0.05, 0.1) is 0 Å². The van der Waals surface area contributed by atoms with Gasteiger partial charge in [-0.2, -0.15) is 0 Å². The van der Waals surface area contributed by atoms with Crippen molar-refractivity contribution < 1.29 is 0 Å². The summed E-state index contributed by atoms with van der Waals surface area (Å²) in [6.07, 6.45) is 7.95. The highest BCUT2D eigenvalue weighted by Gasteiger charge is 2.26. The van der Waals surface area contributed by atoms with Gasteiger partial charge in [0.1, 0.15) is 0 Å². The van der Waals surface area contributed by atoms with Gasteiger partial charge in [0.25, 0.3) is 0 Å². The minimum absolute atomic E-state index is 0.500. The average Bonchev–Trinajstić information content (AvgIpc) is 2.22.